The molecule has 7 atom stereocenters. The first-order chi connectivity index (χ1) is 10.9. The summed E-state index contributed by atoms with van der Waals surface area (Å²) >= 11 is 0. The summed E-state index contributed by atoms with van der Waals surface area (Å²) in [6.45, 7) is 9.90. The highest BCUT2D eigenvalue weighted by atomic mass is 16.3. The molecule has 2 N–H and O–H groups in total. The molecular formula is C21H36O4. The Labute approximate surface area is 152 Å². The maximum absolute atomic E-state index is 13.1. The highest BCUT2D eigenvalue weighted by Crippen LogP contribution is 2.64. The Morgan fingerprint density at radius 1 is 0.960 bits per heavy atom. The van der Waals surface area contributed by atoms with E-state index < -0.39 is 17.1 Å². The van der Waals surface area contributed by atoms with Crippen molar-refractivity contribution in [2.75, 3.05) is 0 Å². The summed E-state index contributed by atoms with van der Waals surface area (Å²) in [4.78, 5) is 25.7. The van der Waals surface area contributed by atoms with E-state index in [0.29, 0.717) is 18.3 Å². The van der Waals surface area contributed by atoms with E-state index in [-0.39, 0.29) is 49.1 Å². The van der Waals surface area contributed by atoms with E-state index in [1.165, 1.54) is 0 Å². The second-order valence-electron chi connectivity index (χ2n) is 9.76. The van der Waals surface area contributed by atoms with Crippen LogP contribution in [0.3, 0.4) is 0 Å². The lowest BCUT2D eigenvalue weighted by Crippen LogP contribution is -2.49. The molecule has 4 heteroatoms. The average molecular weight is 353 g/mol. The lowest BCUT2D eigenvalue weighted by Gasteiger charge is -2.34. The van der Waals surface area contributed by atoms with E-state index in [1.807, 2.05) is 6.92 Å². The molecule has 3 rings (SSSR count). The molecular weight excluding hydrogens is 316 g/mol. The van der Waals surface area contributed by atoms with Crippen LogP contribution in [0.4, 0.5) is 0 Å². The molecule has 0 saturated heterocycles. The van der Waals surface area contributed by atoms with Gasteiger partial charge in [0.05, 0.1) is 11.5 Å². The van der Waals surface area contributed by atoms with Gasteiger partial charge in [0.15, 0.2) is 5.78 Å². The van der Waals surface area contributed by atoms with Crippen LogP contribution >= 0.6 is 0 Å². The van der Waals surface area contributed by atoms with Crippen LogP contribution in [0.15, 0.2) is 0 Å². The normalized spacial score (nSPS) is 49.5. The second kappa shape index (κ2) is 6.16. The predicted molar refractivity (Wildman–Crippen MR) is 98.0 cm³/mol. The zero-order valence-corrected chi connectivity index (χ0v) is 15.6. The predicted octanol–water partition coefficient (Wildman–Crippen LogP) is 3.38. The van der Waals surface area contributed by atoms with Crippen molar-refractivity contribution >= 4 is 11.6 Å². The Morgan fingerprint density at radius 2 is 1.56 bits per heavy atom. The lowest BCUT2D eigenvalue weighted by molar-refractivity contribution is -0.151. The molecule has 0 aromatic heterocycles. The zero-order valence-electron chi connectivity index (χ0n) is 15.6. The molecule has 144 valence electrons. The number of Topliss-reactive ketones (excluding diaryl/α,β-unsaturated/α-hetero) is 2. The van der Waals surface area contributed by atoms with Gasteiger partial charge >= 0.3 is 0 Å². The molecule has 2 unspecified atom stereocenters. The summed E-state index contributed by atoms with van der Waals surface area (Å²) in [5, 5.41) is 22.0. The van der Waals surface area contributed by atoms with Gasteiger partial charge in [-0.3, -0.25) is 9.59 Å². The highest BCUT2D eigenvalue weighted by Gasteiger charge is 2.61. The number of carbonyl (C=O) groups excluding carboxylic acids is 2. The molecule has 3 fully saturated rings. The fourth-order valence-corrected chi connectivity index (χ4v) is 5.65. The number of carbonyl (C=O) groups is 2. The number of aliphatic hydroxyl groups is 2. The molecule has 0 radical (unpaired) electrons. The van der Waals surface area contributed by atoms with Crippen LogP contribution in [0.1, 0.15) is 74.1 Å². The quantitative estimate of drug-likeness (QED) is 0.701. The minimum Gasteiger partial charge on any atom is -0.390 e. The summed E-state index contributed by atoms with van der Waals surface area (Å²) in [5.41, 5.74) is -2.42. The fraction of sp³-hybridized carbons (Fsp3) is 0.905. The maximum atomic E-state index is 13.1. The van der Waals surface area contributed by atoms with Crippen molar-refractivity contribution in [3.05, 3.63) is 0 Å². The third kappa shape index (κ3) is 3.21. The van der Waals surface area contributed by atoms with Crippen LogP contribution in [0.25, 0.3) is 0 Å². The molecule has 3 aliphatic rings. The first-order valence-corrected chi connectivity index (χ1v) is 9.43. The van der Waals surface area contributed by atoms with Crippen molar-refractivity contribution in [1.29, 1.82) is 0 Å². The monoisotopic (exact) mass is 352 g/mol. The van der Waals surface area contributed by atoms with Gasteiger partial charge in [-0.25, -0.2) is 0 Å². The molecule has 0 aromatic carbocycles. The molecule has 25 heavy (non-hydrogen) atoms. The first kappa shape index (κ1) is 20.6. The van der Waals surface area contributed by atoms with E-state index in [1.54, 1.807) is 13.8 Å². The van der Waals surface area contributed by atoms with Crippen molar-refractivity contribution in [3.63, 3.8) is 0 Å². The number of hydrogen-bond acceptors (Lipinski definition) is 4. The number of fused-ring (bicyclic) bond motifs is 2. The summed E-state index contributed by atoms with van der Waals surface area (Å²) in [6, 6.07) is 0. The Kier molecular flexibility index (Phi) is 5.07. The number of ketones is 2. The molecule has 0 amide bonds. The van der Waals surface area contributed by atoms with Crippen molar-refractivity contribution in [2.45, 2.75) is 85.4 Å². The van der Waals surface area contributed by atoms with Crippen LogP contribution in [0.5, 0.6) is 0 Å². The van der Waals surface area contributed by atoms with Gasteiger partial charge in [0.2, 0.25) is 0 Å². The largest absolute Gasteiger partial charge is 0.390 e. The van der Waals surface area contributed by atoms with Crippen molar-refractivity contribution in [1.82, 2.24) is 0 Å². The molecule has 0 bridgehead atoms. The zero-order chi connectivity index (χ0) is 18.1. The third-order valence-corrected chi connectivity index (χ3v) is 7.43. The topological polar surface area (TPSA) is 74.6 Å². The van der Waals surface area contributed by atoms with E-state index in [0.717, 1.165) is 12.8 Å². The number of hydrogen-bond donors (Lipinski definition) is 2. The standard InChI is InChI=1S/C20H32O4.CH4/c1-11-8-14-13(18(14,3)4)6-7-19(5,23)10-15-16(21)12(2)9-20(15,24)17(11)22;/h11-15,23-24H,6-10H2,1-5H3;1H4/t11-,12?,13+,14-,15?,19+,20-;/m1./s1. The molecule has 0 aliphatic heterocycles. The summed E-state index contributed by atoms with van der Waals surface area (Å²) in [5.74, 6) is -0.608. The van der Waals surface area contributed by atoms with Gasteiger partial charge in [0.25, 0.3) is 0 Å². The second-order valence-corrected chi connectivity index (χ2v) is 9.76. The van der Waals surface area contributed by atoms with Gasteiger partial charge in [-0.1, -0.05) is 35.1 Å². The van der Waals surface area contributed by atoms with Crippen LogP contribution in [-0.2, 0) is 9.59 Å². The lowest BCUT2D eigenvalue weighted by atomic mass is 9.74. The van der Waals surface area contributed by atoms with Crippen molar-refractivity contribution in [2.24, 2.45) is 35.0 Å². The molecule has 4 nitrogen and oxygen atoms in total. The Bertz CT molecular complexity index is 564. The van der Waals surface area contributed by atoms with Gasteiger partial charge in [0.1, 0.15) is 11.4 Å². The maximum Gasteiger partial charge on any atom is 0.167 e. The van der Waals surface area contributed by atoms with Crippen LogP contribution < -0.4 is 0 Å². The van der Waals surface area contributed by atoms with Crippen LogP contribution in [0, 0.1) is 35.0 Å². The van der Waals surface area contributed by atoms with Gasteiger partial charge in [-0.05, 0) is 56.3 Å². The van der Waals surface area contributed by atoms with Gasteiger partial charge in [-0.15, -0.1) is 0 Å². The highest BCUT2D eigenvalue weighted by molar-refractivity contribution is 5.99. The first-order valence-electron chi connectivity index (χ1n) is 9.43. The average Bonchev–Trinajstić information content (AvgIpc) is 2.91. The van der Waals surface area contributed by atoms with Crippen LogP contribution in [0.2, 0.25) is 0 Å². The van der Waals surface area contributed by atoms with Gasteiger partial charge < -0.3 is 10.2 Å². The van der Waals surface area contributed by atoms with Crippen molar-refractivity contribution in [3.8, 4) is 0 Å². The third-order valence-electron chi connectivity index (χ3n) is 7.43. The van der Waals surface area contributed by atoms with Gasteiger partial charge in [-0.2, -0.15) is 0 Å². The smallest absolute Gasteiger partial charge is 0.167 e. The fourth-order valence-electron chi connectivity index (χ4n) is 5.65. The SMILES string of the molecule is C.CC1C[C@]2(O)C(=O)[C@H](C)C[C@@H]3[C@H](CC[C@](C)(O)CC2C1=O)C3(C)C. The van der Waals surface area contributed by atoms with E-state index in [4.69, 9.17) is 0 Å². The summed E-state index contributed by atoms with van der Waals surface area (Å²) < 4.78 is 0. The molecule has 0 aromatic rings. The molecule has 3 aliphatic carbocycles. The Morgan fingerprint density at radius 3 is 2.16 bits per heavy atom. The van der Waals surface area contributed by atoms with E-state index >= 15 is 0 Å². The minimum absolute atomic E-state index is 0. The molecule has 3 saturated carbocycles. The number of rotatable bonds is 0. The van der Waals surface area contributed by atoms with Crippen LogP contribution in [-0.4, -0.2) is 33.0 Å². The Balaban J connectivity index is 0.00000225. The summed E-state index contributed by atoms with van der Waals surface area (Å²) in [6.07, 6.45) is 2.70. The van der Waals surface area contributed by atoms with Gasteiger partial charge in [0, 0.05) is 11.8 Å². The molecule has 0 heterocycles. The molecule has 0 spiro atoms. The van der Waals surface area contributed by atoms with E-state index in [2.05, 4.69) is 13.8 Å². The summed E-state index contributed by atoms with van der Waals surface area (Å²) in [7, 11) is 0. The Hall–Kier alpha value is -0.740. The van der Waals surface area contributed by atoms with Crippen molar-refractivity contribution < 1.29 is 19.8 Å². The minimum atomic E-state index is -1.60. The van der Waals surface area contributed by atoms with E-state index in [9.17, 15) is 19.8 Å².